The molecular weight excluding hydrogens is 472 g/mol. The predicted molar refractivity (Wildman–Crippen MR) is 119 cm³/mol. The van der Waals surface area contributed by atoms with Gasteiger partial charge in [0, 0.05) is 21.4 Å². The molecule has 0 aromatic heterocycles. The van der Waals surface area contributed by atoms with Gasteiger partial charge in [0.15, 0.2) is 0 Å². The Morgan fingerprint density at radius 2 is 1.50 bits per heavy atom. The predicted octanol–water partition coefficient (Wildman–Crippen LogP) is 4.52. The number of hydrogen-bond acceptors (Lipinski definition) is 5. The average Bonchev–Trinajstić information content (AvgIpc) is 2.74. The van der Waals surface area contributed by atoms with Crippen molar-refractivity contribution in [3.8, 4) is 11.5 Å². The van der Waals surface area contributed by atoms with Crippen molar-refractivity contribution in [2.75, 3.05) is 24.3 Å². The Morgan fingerprint density at radius 3 is 2.10 bits per heavy atom. The largest absolute Gasteiger partial charge is 0.497 e. The van der Waals surface area contributed by atoms with Crippen LogP contribution in [0.15, 0.2) is 76.1 Å². The molecule has 0 radical (unpaired) electrons. The fourth-order valence-corrected chi connectivity index (χ4v) is 4.16. The number of ether oxygens (including phenoxy) is 2. The average molecular weight is 491 g/mol. The van der Waals surface area contributed by atoms with Crippen molar-refractivity contribution >= 4 is 43.2 Å². The molecule has 1 amide bonds. The van der Waals surface area contributed by atoms with Crippen molar-refractivity contribution in [1.82, 2.24) is 0 Å². The summed E-state index contributed by atoms with van der Waals surface area (Å²) in [5.74, 6) is 0.393. The van der Waals surface area contributed by atoms with Crippen molar-refractivity contribution < 1.29 is 22.7 Å². The first-order chi connectivity index (χ1) is 14.3. The van der Waals surface area contributed by atoms with Crippen LogP contribution in [-0.2, 0) is 10.0 Å². The quantitative estimate of drug-likeness (QED) is 0.507. The van der Waals surface area contributed by atoms with Gasteiger partial charge in [-0.1, -0.05) is 15.9 Å². The summed E-state index contributed by atoms with van der Waals surface area (Å²) in [5.41, 5.74) is 1.12. The van der Waals surface area contributed by atoms with Gasteiger partial charge >= 0.3 is 0 Å². The molecule has 0 spiro atoms. The van der Waals surface area contributed by atoms with E-state index in [1.807, 2.05) is 0 Å². The molecule has 0 saturated heterocycles. The minimum Gasteiger partial charge on any atom is -0.497 e. The molecule has 3 aromatic rings. The minimum absolute atomic E-state index is 0.102. The molecule has 0 heterocycles. The highest BCUT2D eigenvalue weighted by Gasteiger charge is 2.21. The molecule has 0 aliphatic carbocycles. The summed E-state index contributed by atoms with van der Waals surface area (Å²) in [6, 6.07) is 17.7. The molecule has 0 atom stereocenters. The number of hydrogen-bond donors (Lipinski definition) is 2. The lowest BCUT2D eigenvalue weighted by atomic mass is 10.2. The van der Waals surface area contributed by atoms with Crippen LogP contribution in [0.5, 0.6) is 11.5 Å². The summed E-state index contributed by atoms with van der Waals surface area (Å²) in [5, 5.41) is 2.70. The second kappa shape index (κ2) is 9.19. The molecule has 0 unspecified atom stereocenters. The Kier molecular flexibility index (Phi) is 6.63. The van der Waals surface area contributed by atoms with E-state index in [1.54, 1.807) is 54.6 Å². The van der Waals surface area contributed by atoms with Gasteiger partial charge in [-0.15, -0.1) is 0 Å². The number of sulfonamides is 1. The van der Waals surface area contributed by atoms with Crippen LogP contribution >= 0.6 is 15.9 Å². The lowest BCUT2D eigenvalue weighted by Crippen LogP contribution is -2.16. The SMILES string of the molecule is COc1ccc(NS(=O)(=O)c2cc(NC(=O)c3ccc(Br)cc3)ccc2OC)cc1. The number of rotatable bonds is 7. The summed E-state index contributed by atoms with van der Waals surface area (Å²) in [4.78, 5) is 12.4. The smallest absolute Gasteiger partial charge is 0.265 e. The van der Waals surface area contributed by atoms with Crippen molar-refractivity contribution in [2.45, 2.75) is 4.90 Å². The molecule has 2 N–H and O–H groups in total. The zero-order chi connectivity index (χ0) is 21.7. The van der Waals surface area contributed by atoms with Crippen molar-refractivity contribution in [3.63, 3.8) is 0 Å². The third-order valence-corrected chi connectivity index (χ3v) is 6.09. The minimum atomic E-state index is -3.98. The molecule has 9 heteroatoms. The van der Waals surface area contributed by atoms with Crippen LogP contribution in [0.3, 0.4) is 0 Å². The molecule has 30 heavy (non-hydrogen) atoms. The van der Waals surface area contributed by atoms with E-state index in [4.69, 9.17) is 9.47 Å². The van der Waals surface area contributed by atoms with E-state index < -0.39 is 10.0 Å². The highest BCUT2D eigenvalue weighted by molar-refractivity contribution is 9.10. The molecule has 0 bridgehead atoms. The summed E-state index contributed by atoms with van der Waals surface area (Å²) in [6.07, 6.45) is 0. The molecule has 7 nitrogen and oxygen atoms in total. The number of anilines is 2. The van der Waals surface area contributed by atoms with Crippen molar-refractivity contribution in [3.05, 3.63) is 76.8 Å². The van der Waals surface area contributed by atoms with Crippen LogP contribution in [0.25, 0.3) is 0 Å². The third-order valence-electron chi connectivity index (χ3n) is 4.16. The van der Waals surface area contributed by atoms with E-state index >= 15 is 0 Å². The van der Waals surface area contributed by atoms with E-state index in [2.05, 4.69) is 26.0 Å². The second-order valence-electron chi connectivity index (χ2n) is 6.16. The van der Waals surface area contributed by atoms with Gasteiger partial charge in [0.2, 0.25) is 0 Å². The van der Waals surface area contributed by atoms with Gasteiger partial charge < -0.3 is 14.8 Å². The standard InChI is InChI=1S/C21H19BrN2O5S/c1-28-18-10-7-16(8-11-18)24-30(26,27)20-13-17(9-12-19(20)29-2)23-21(25)14-3-5-15(22)6-4-14/h3-13,24H,1-2H3,(H,23,25). The van der Waals surface area contributed by atoms with Crippen LogP contribution in [0.2, 0.25) is 0 Å². The van der Waals surface area contributed by atoms with Crippen LogP contribution in [0.4, 0.5) is 11.4 Å². The Labute approximate surface area is 183 Å². The summed E-state index contributed by atoms with van der Waals surface area (Å²) in [6.45, 7) is 0. The van der Waals surface area contributed by atoms with E-state index in [0.717, 1.165) is 4.47 Å². The maximum Gasteiger partial charge on any atom is 0.265 e. The molecule has 3 aromatic carbocycles. The number of halogens is 1. The van der Waals surface area contributed by atoms with Crippen LogP contribution in [0.1, 0.15) is 10.4 Å². The van der Waals surface area contributed by atoms with Gasteiger partial charge in [0.1, 0.15) is 16.4 Å². The molecule has 0 saturated carbocycles. The van der Waals surface area contributed by atoms with Crippen molar-refractivity contribution in [2.24, 2.45) is 0 Å². The topological polar surface area (TPSA) is 93.7 Å². The lowest BCUT2D eigenvalue weighted by Gasteiger charge is -2.14. The first-order valence-corrected chi connectivity index (χ1v) is 11.0. The van der Waals surface area contributed by atoms with Crippen molar-refractivity contribution in [1.29, 1.82) is 0 Å². The van der Waals surface area contributed by atoms with E-state index in [1.165, 1.54) is 26.4 Å². The van der Waals surface area contributed by atoms with Gasteiger partial charge in [0.05, 0.1) is 14.2 Å². The number of benzene rings is 3. The first-order valence-electron chi connectivity index (χ1n) is 8.74. The third kappa shape index (κ3) is 5.11. The van der Waals surface area contributed by atoms with Gasteiger partial charge in [0.25, 0.3) is 15.9 Å². The summed E-state index contributed by atoms with van der Waals surface area (Å²) >= 11 is 3.32. The van der Waals surface area contributed by atoms with Crippen LogP contribution in [0, 0.1) is 0 Å². The Balaban J connectivity index is 1.87. The first kappa shape index (κ1) is 21.7. The van der Waals surface area contributed by atoms with E-state index in [0.29, 0.717) is 22.7 Å². The molecule has 0 aliphatic heterocycles. The zero-order valence-electron chi connectivity index (χ0n) is 16.2. The van der Waals surface area contributed by atoms with Gasteiger partial charge in [-0.3, -0.25) is 9.52 Å². The number of nitrogens with one attached hydrogen (secondary N) is 2. The van der Waals surface area contributed by atoms with E-state index in [-0.39, 0.29) is 16.6 Å². The number of carbonyl (C=O) groups excluding carboxylic acids is 1. The molecular formula is C21H19BrN2O5S. The van der Waals surface area contributed by atoms with Gasteiger partial charge in [-0.05, 0) is 66.7 Å². The molecule has 3 rings (SSSR count). The fourth-order valence-electron chi connectivity index (χ4n) is 2.64. The number of carbonyl (C=O) groups is 1. The highest BCUT2D eigenvalue weighted by atomic mass is 79.9. The second-order valence-corrected chi connectivity index (χ2v) is 8.73. The zero-order valence-corrected chi connectivity index (χ0v) is 18.6. The van der Waals surface area contributed by atoms with Crippen LogP contribution in [-0.4, -0.2) is 28.5 Å². The lowest BCUT2D eigenvalue weighted by molar-refractivity contribution is 0.102. The maximum absolute atomic E-state index is 12.9. The van der Waals surface area contributed by atoms with Gasteiger partial charge in [-0.2, -0.15) is 0 Å². The maximum atomic E-state index is 12.9. The molecule has 0 fully saturated rings. The van der Waals surface area contributed by atoms with Crippen LogP contribution < -0.4 is 19.5 Å². The Hall–Kier alpha value is -3.04. The Bertz CT molecular complexity index is 1150. The molecule has 0 aliphatic rings. The number of amides is 1. The number of methoxy groups -OCH3 is 2. The Morgan fingerprint density at radius 1 is 0.867 bits per heavy atom. The summed E-state index contributed by atoms with van der Waals surface area (Å²) in [7, 11) is -1.07. The fraction of sp³-hybridized carbons (Fsp3) is 0.0952. The highest BCUT2D eigenvalue weighted by Crippen LogP contribution is 2.29. The molecule has 156 valence electrons. The summed E-state index contributed by atoms with van der Waals surface area (Å²) < 4.78 is 39.5. The monoisotopic (exact) mass is 490 g/mol. The van der Waals surface area contributed by atoms with Gasteiger partial charge in [-0.25, -0.2) is 8.42 Å². The normalized spacial score (nSPS) is 10.9. The van der Waals surface area contributed by atoms with E-state index in [9.17, 15) is 13.2 Å².